The second-order valence-corrected chi connectivity index (χ2v) is 4.15. The summed E-state index contributed by atoms with van der Waals surface area (Å²) in [4.78, 5) is 10.5. The summed E-state index contributed by atoms with van der Waals surface area (Å²) < 4.78 is 0. The summed E-state index contributed by atoms with van der Waals surface area (Å²) in [5.74, 6) is 2.54. The molecule has 0 aromatic carbocycles. The molecule has 0 amide bonds. The molecule has 1 aromatic heterocycles. The third-order valence-electron chi connectivity index (χ3n) is 2.28. The van der Waals surface area contributed by atoms with Crippen molar-refractivity contribution in [3.8, 4) is 0 Å². The smallest absolute Gasteiger partial charge is 0.223 e. The Kier molecular flexibility index (Phi) is 4.34. The highest BCUT2D eigenvalue weighted by atomic mass is 15.2. The number of nitrogens with one attached hydrogen (secondary N) is 1. The highest BCUT2D eigenvalue weighted by Crippen LogP contribution is 2.17. The van der Waals surface area contributed by atoms with Gasteiger partial charge in [-0.3, -0.25) is 0 Å². The van der Waals surface area contributed by atoms with Crippen LogP contribution >= 0.6 is 0 Å². The van der Waals surface area contributed by atoms with Gasteiger partial charge in [0.25, 0.3) is 0 Å². The van der Waals surface area contributed by atoms with E-state index in [0.717, 1.165) is 24.7 Å². The predicted molar refractivity (Wildman–Crippen MR) is 68.7 cm³/mol. The topological polar surface area (TPSA) is 67.1 Å². The monoisotopic (exact) mass is 223 g/mol. The molecule has 90 valence electrons. The summed E-state index contributed by atoms with van der Waals surface area (Å²) in [5.41, 5.74) is 5.67. The van der Waals surface area contributed by atoms with Gasteiger partial charge in [-0.2, -0.15) is 9.97 Å². The average molecular weight is 223 g/mol. The van der Waals surface area contributed by atoms with Crippen molar-refractivity contribution in [2.75, 3.05) is 36.1 Å². The lowest BCUT2D eigenvalue weighted by Gasteiger charge is -2.24. The molecule has 5 nitrogen and oxygen atoms in total. The largest absolute Gasteiger partial charge is 0.373 e. The molecule has 0 radical (unpaired) electrons. The Morgan fingerprint density at radius 2 is 2.12 bits per heavy atom. The fraction of sp³-hybridized carbons (Fsp3) is 0.636. The third kappa shape index (κ3) is 3.25. The average Bonchev–Trinajstić information content (AvgIpc) is 2.24. The van der Waals surface area contributed by atoms with Crippen molar-refractivity contribution >= 4 is 17.6 Å². The summed E-state index contributed by atoms with van der Waals surface area (Å²) in [5, 5.41) is 2.98. The maximum Gasteiger partial charge on any atom is 0.223 e. The Labute approximate surface area is 97.1 Å². The number of nitrogens with two attached hydrogens (primary N) is 1. The molecule has 0 bridgehead atoms. The zero-order valence-corrected chi connectivity index (χ0v) is 10.5. The highest BCUT2D eigenvalue weighted by Gasteiger charge is 2.10. The van der Waals surface area contributed by atoms with E-state index in [4.69, 9.17) is 5.73 Å². The van der Waals surface area contributed by atoms with Gasteiger partial charge < -0.3 is 16.0 Å². The van der Waals surface area contributed by atoms with E-state index in [1.165, 1.54) is 0 Å². The van der Waals surface area contributed by atoms with Crippen LogP contribution in [-0.4, -0.2) is 30.1 Å². The van der Waals surface area contributed by atoms with Crippen LogP contribution < -0.4 is 16.0 Å². The van der Waals surface area contributed by atoms with Crippen LogP contribution in [0.15, 0.2) is 6.07 Å². The molecular formula is C11H21N5. The van der Waals surface area contributed by atoms with E-state index >= 15 is 0 Å². The van der Waals surface area contributed by atoms with Gasteiger partial charge in [0.2, 0.25) is 5.95 Å². The molecule has 5 heteroatoms. The minimum absolute atomic E-state index is 0.309. The van der Waals surface area contributed by atoms with Crippen molar-refractivity contribution in [2.45, 2.75) is 20.8 Å². The number of rotatable bonds is 5. The van der Waals surface area contributed by atoms with Crippen molar-refractivity contribution in [1.29, 1.82) is 0 Å². The van der Waals surface area contributed by atoms with Crippen molar-refractivity contribution in [3.63, 3.8) is 0 Å². The molecule has 0 saturated carbocycles. The zero-order chi connectivity index (χ0) is 12.1. The van der Waals surface area contributed by atoms with E-state index in [1.54, 1.807) is 0 Å². The molecule has 1 rings (SSSR count). The minimum atomic E-state index is 0.309. The van der Waals surface area contributed by atoms with Crippen LogP contribution in [0.1, 0.15) is 20.8 Å². The molecule has 0 saturated heterocycles. The van der Waals surface area contributed by atoms with Crippen LogP contribution in [0.25, 0.3) is 0 Å². The van der Waals surface area contributed by atoms with E-state index in [-0.39, 0.29) is 0 Å². The summed E-state index contributed by atoms with van der Waals surface area (Å²) in [6.45, 7) is 8.37. The summed E-state index contributed by atoms with van der Waals surface area (Å²) in [6.07, 6.45) is 0. The van der Waals surface area contributed by atoms with Crippen LogP contribution in [0.4, 0.5) is 17.6 Å². The molecule has 3 N–H and O–H groups in total. The van der Waals surface area contributed by atoms with Crippen LogP contribution in [0, 0.1) is 5.92 Å². The number of anilines is 3. The van der Waals surface area contributed by atoms with Gasteiger partial charge >= 0.3 is 0 Å². The van der Waals surface area contributed by atoms with E-state index in [1.807, 2.05) is 13.1 Å². The van der Waals surface area contributed by atoms with Crippen molar-refractivity contribution in [2.24, 2.45) is 5.92 Å². The number of hydrogen-bond donors (Lipinski definition) is 2. The molecule has 0 atom stereocenters. The van der Waals surface area contributed by atoms with Gasteiger partial charge in [-0.25, -0.2) is 0 Å². The summed E-state index contributed by atoms with van der Waals surface area (Å²) in [6, 6.07) is 1.92. The van der Waals surface area contributed by atoms with Crippen molar-refractivity contribution < 1.29 is 0 Å². The standard InChI is InChI=1S/C11H21N5/c1-5-16(7-8(2)3)10-6-9(13-4)14-11(12)15-10/h6,8H,5,7H2,1-4H3,(H3,12,13,14,15). The molecule has 0 fully saturated rings. The molecular weight excluding hydrogens is 202 g/mol. The number of hydrogen-bond acceptors (Lipinski definition) is 5. The molecule has 0 aliphatic heterocycles. The van der Waals surface area contributed by atoms with E-state index in [2.05, 4.69) is 41.0 Å². The lowest BCUT2D eigenvalue weighted by molar-refractivity contribution is 0.614. The first-order valence-corrected chi connectivity index (χ1v) is 5.64. The quantitative estimate of drug-likeness (QED) is 0.793. The maximum atomic E-state index is 5.67. The SMILES string of the molecule is CCN(CC(C)C)c1cc(NC)nc(N)n1. The molecule has 0 aliphatic carbocycles. The second-order valence-electron chi connectivity index (χ2n) is 4.15. The number of nitrogen functional groups attached to an aromatic ring is 1. The van der Waals surface area contributed by atoms with Gasteiger partial charge in [-0.05, 0) is 12.8 Å². The first kappa shape index (κ1) is 12.5. The molecule has 0 spiro atoms. The highest BCUT2D eigenvalue weighted by molar-refractivity contribution is 5.52. The zero-order valence-electron chi connectivity index (χ0n) is 10.5. The Hall–Kier alpha value is -1.52. The van der Waals surface area contributed by atoms with Gasteiger partial charge in [-0.15, -0.1) is 0 Å². The number of nitrogens with zero attached hydrogens (tertiary/aromatic N) is 3. The van der Waals surface area contributed by atoms with E-state index in [0.29, 0.717) is 11.9 Å². The minimum Gasteiger partial charge on any atom is -0.373 e. The lowest BCUT2D eigenvalue weighted by Crippen LogP contribution is -2.28. The molecule has 0 unspecified atom stereocenters. The van der Waals surface area contributed by atoms with Crippen molar-refractivity contribution in [3.05, 3.63) is 6.07 Å². The normalized spacial score (nSPS) is 10.6. The van der Waals surface area contributed by atoms with Crippen LogP contribution in [0.2, 0.25) is 0 Å². The third-order valence-corrected chi connectivity index (χ3v) is 2.28. The van der Waals surface area contributed by atoms with Gasteiger partial charge in [0.1, 0.15) is 11.6 Å². The van der Waals surface area contributed by atoms with Gasteiger partial charge in [0.15, 0.2) is 0 Å². The van der Waals surface area contributed by atoms with Crippen LogP contribution in [0.5, 0.6) is 0 Å². The molecule has 0 aliphatic rings. The molecule has 1 heterocycles. The molecule has 16 heavy (non-hydrogen) atoms. The van der Waals surface area contributed by atoms with E-state index in [9.17, 15) is 0 Å². The summed E-state index contributed by atoms with van der Waals surface area (Å²) >= 11 is 0. The maximum absolute atomic E-state index is 5.67. The van der Waals surface area contributed by atoms with Crippen LogP contribution in [0.3, 0.4) is 0 Å². The summed E-state index contributed by atoms with van der Waals surface area (Å²) in [7, 11) is 1.82. The predicted octanol–water partition coefficient (Wildman–Crippen LogP) is 1.58. The Bertz CT molecular complexity index is 337. The van der Waals surface area contributed by atoms with Crippen molar-refractivity contribution in [1.82, 2.24) is 9.97 Å². The van der Waals surface area contributed by atoms with E-state index < -0.39 is 0 Å². The molecule has 1 aromatic rings. The van der Waals surface area contributed by atoms with Gasteiger partial charge in [0, 0.05) is 26.2 Å². The fourth-order valence-corrected chi connectivity index (χ4v) is 1.57. The lowest BCUT2D eigenvalue weighted by atomic mass is 10.2. The Morgan fingerprint density at radius 3 is 2.62 bits per heavy atom. The Balaban J connectivity index is 2.95. The fourth-order valence-electron chi connectivity index (χ4n) is 1.57. The first-order chi connectivity index (χ1) is 7.56. The Morgan fingerprint density at radius 1 is 1.44 bits per heavy atom. The van der Waals surface area contributed by atoms with Gasteiger partial charge in [-0.1, -0.05) is 13.8 Å². The number of aromatic nitrogens is 2. The van der Waals surface area contributed by atoms with Crippen LogP contribution in [-0.2, 0) is 0 Å². The second kappa shape index (κ2) is 5.53. The first-order valence-electron chi connectivity index (χ1n) is 5.64. The van der Waals surface area contributed by atoms with Gasteiger partial charge in [0.05, 0.1) is 0 Å².